The molecule has 0 bridgehead atoms. The molecule has 5 unspecified atom stereocenters. The maximum atomic E-state index is 13.7. The van der Waals surface area contributed by atoms with E-state index in [4.69, 9.17) is 12.8 Å². The molecular weight excluding hydrogens is 592 g/mol. The highest BCUT2D eigenvalue weighted by molar-refractivity contribution is 7.89. The molecule has 45 heavy (non-hydrogen) atoms. The summed E-state index contributed by atoms with van der Waals surface area (Å²) in [7, 11) is -0.619. The van der Waals surface area contributed by atoms with Gasteiger partial charge in [-0.05, 0) is 44.2 Å². The van der Waals surface area contributed by atoms with Gasteiger partial charge >= 0.3 is 0 Å². The van der Waals surface area contributed by atoms with Crippen molar-refractivity contribution in [2.75, 3.05) is 32.9 Å². The minimum Gasteiger partial charge on any atom is -0.390 e. The molecule has 1 fully saturated rings. The van der Waals surface area contributed by atoms with Gasteiger partial charge in [-0.25, -0.2) is 12.7 Å². The third kappa shape index (κ3) is 13.5. The lowest BCUT2D eigenvalue weighted by molar-refractivity contribution is -0.132. The quantitative estimate of drug-likeness (QED) is 0.107. The average Bonchev–Trinajstić information content (AvgIpc) is 3.03. The molecule has 10 nitrogen and oxygen atoms in total. The molecule has 1 aromatic rings. The van der Waals surface area contributed by atoms with Gasteiger partial charge in [0.05, 0.1) is 29.9 Å². The van der Waals surface area contributed by atoms with Crippen molar-refractivity contribution in [1.29, 1.82) is 0 Å². The molecule has 0 aliphatic heterocycles. The summed E-state index contributed by atoms with van der Waals surface area (Å²) in [6.07, 6.45) is 15.6. The first kappa shape index (κ1) is 38.3. The molecule has 11 heteroatoms. The van der Waals surface area contributed by atoms with Gasteiger partial charge in [0.2, 0.25) is 21.8 Å². The normalized spacial score (nSPS) is 17.3. The summed E-state index contributed by atoms with van der Waals surface area (Å²) in [5.74, 6) is 2.58. The van der Waals surface area contributed by atoms with Crippen LogP contribution in [0.5, 0.6) is 0 Å². The Morgan fingerprint density at radius 3 is 2.36 bits per heavy atom. The second-order valence-corrected chi connectivity index (χ2v) is 14.2. The summed E-state index contributed by atoms with van der Waals surface area (Å²) in [6, 6.07) is 7.16. The van der Waals surface area contributed by atoms with E-state index < -0.39 is 57.8 Å². The smallest absolute Gasteiger partial charge is 0.243 e. The van der Waals surface area contributed by atoms with E-state index in [1.165, 1.54) is 11.4 Å². The molecule has 0 spiro atoms. The number of likely N-dealkylation sites (N-methyl/N-ethyl adjacent to an activating group) is 2. The van der Waals surface area contributed by atoms with E-state index in [1.807, 2.05) is 30.3 Å². The summed E-state index contributed by atoms with van der Waals surface area (Å²) < 4.78 is 27.6. The molecule has 5 N–H and O–H groups in total. The lowest BCUT2D eigenvalue weighted by atomic mass is 9.82. The van der Waals surface area contributed by atoms with Crippen LogP contribution in [0.3, 0.4) is 0 Å². The Labute approximate surface area is 270 Å². The van der Waals surface area contributed by atoms with E-state index in [1.54, 1.807) is 7.05 Å². The molecular formula is C34H52N4O6S. The maximum absolute atomic E-state index is 13.7. The van der Waals surface area contributed by atoms with Crippen molar-refractivity contribution in [1.82, 2.24) is 20.3 Å². The molecule has 1 aromatic carbocycles. The minimum atomic E-state index is -3.81. The zero-order valence-corrected chi connectivity index (χ0v) is 27.6. The lowest BCUT2D eigenvalue weighted by Crippen LogP contribution is -2.56. The third-order valence-corrected chi connectivity index (χ3v) is 10.4. The van der Waals surface area contributed by atoms with Gasteiger partial charge in [-0.1, -0.05) is 62.4 Å². The second-order valence-electron chi connectivity index (χ2n) is 12.1. The van der Waals surface area contributed by atoms with Crippen molar-refractivity contribution in [3.05, 3.63) is 35.9 Å². The number of sulfonamides is 1. The Morgan fingerprint density at radius 2 is 1.73 bits per heavy atom. The van der Waals surface area contributed by atoms with Crippen molar-refractivity contribution >= 4 is 21.8 Å². The maximum Gasteiger partial charge on any atom is 0.243 e. The van der Waals surface area contributed by atoms with Gasteiger partial charge < -0.3 is 26.2 Å². The van der Waals surface area contributed by atoms with Gasteiger partial charge in [0.1, 0.15) is 6.04 Å². The molecule has 0 saturated heterocycles. The number of hydrogen-bond acceptors (Lipinski definition) is 7. The van der Waals surface area contributed by atoms with Crippen LogP contribution < -0.4 is 16.0 Å². The zero-order valence-electron chi connectivity index (χ0n) is 26.8. The number of amides is 2. The predicted octanol–water partition coefficient (Wildman–Crippen LogP) is 1.81. The Kier molecular flexibility index (Phi) is 17.2. The van der Waals surface area contributed by atoms with Crippen LogP contribution in [-0.2, 0) is 26.0 Å². The van der Waals surface area contributed by atoms with Crippen LogP contribution in [0.15, 0.2) is 30.3 Å². The van der Waals surface area contributed by atoms with E-state index >= 15 is 0 Å². The number of carbonyl (C=O) groups is 2. The molecule has 1 aliphatic rings. The molecule has 1 aliphatic carbocycles. The Morgan fingerprint density at radius 1 is 1.04 bits per heavy atom. The number of aliphatic hydroxyl groups excluding tert-OH is 2. The molecule has 0 heterocycles. The first-order valence-corrected chi connectivity index (χ1v) is 17.6. The highest BCUT2D eigenvalue weighted by Crippen LogP contribution is 2.29. The Hall–Kier alpha value is -2.93. The summed E-state index contributed by atoms with van der Waals surface area (Å²) >= 11 is 0. The summed E-state index contributed by atoms with van der Waals surface area (Å²) in [6.45, 7) is 0.683. The van der Waals surface area contributed by atoms with Gasteiger partial charge in [0.25, 0.3) is 0 Å². The topological polar surface area (TPSA) is 148 Å². The molecule has 0 aromatic heterocycles. The first-order chi connectivity index (χ1) is 21.5. The summed E-state index contributed by atoms with van der Waals surface area (Å²) in [5.41, 5.74) is 0.776. The number of aliphatic hydroxyl groups is 2. The van der Waals surface area contributed by atoms with E-state index in [9.17, 15) is 28.2 Å². The standard InChI is InChI=1S/C34H52N4O6S/c1-5-7-10-20-31(39)32(40)30(24-27-18-13-9-14-19-27)37-34(42)29(15-6-2)36-33(41)28(23-26-16-11-8-12-17-26)25-45(43,44)38(4)22-21-35-3/h1-2,8,11-12,16-17,27-32,35,39-40H,7,9-10,13-15,18-25H2,3-4H3,(H,36,41)(H,37,42). The van der Waals surface area contributed by atoms with Crippen molar-refractivity contribution in [3.8, 4) is 24.7 Å². The fourth-order valence-electron chi connectivity index (χ4n) is 5.73. The van der Waals surface area contributed by atoms with Gasteiger partial charge in [0, 0.05) is 33.0 Å². The largest absolute Gasteiger partial charge is 0.390 e. The van der Waals surface area contributed by atoms with Crippen molar-refractivity contribution in [3.63, 3.8) is 0 Å². The van der Waals surface area contributed by atoms with Crippen LogP contribution in [0.4, 0.5) is 0 Å². The van der Waals surface area contributed by atoms with Crippen LogP contribution in [0.1, 0.15) is 69.8 Å². The number of benzene rings is 1. The van der Waals surface area contributed by atoms with Crippen molar-refractivity contribution in [2.24, 2.45) is 11.8 Å². The van der Waals surface area contributed by atoms with Gasteiger partial charge in [0.15, 0.2) is 0 Å². The van der Waals surface area contributed by atoms with Crippen LogP contribution in [0.25, 0.3) is 0 Å². The lowest BCUT2D eigenvalue weighted by Gasteiger charge is -2.33. The third-order valence-electron chi connectivity index (χ3n) is 8.48. The molecule has 250 valence electrons. The number of hydrogen-bond donors (Lipinski definition) is 5. The average molecular weight is 645 g/mol. The van der Waals surface area contributed by atoms with Crippen molar-refractivity contribution < 1.29 is 28.2 Å². The molecule has 0 radical (unpaired) electrons. The highest BCUT2D eigenvalue weighted by atomic mass is 32.2. The van der Waals surface area contributed by atoms with Crippen LogP contribution >= 0.6 is 0 Å². The van der Waals surface area contributed by atoms with Crippen LogP contribution in [0.2, 0.25) is 0 Å². The number of nitrogens with zero attached hydrogens (tertiary/aromatic N) is 1. The van der Waals surface area contributed by atoms with E-state index in [0.717, 1.165) is 37.7 Å². The number of nitrogens with one attached hydrogen (secondary N) is 3. The zero-order chi connectivity index (χ0) is 33.2. The van der Waals surface area contributed by atoms with Crippen LogP contribution in [0, 0.1) is 36.5 Å². The molecule has 2 amide bonds. The Balaban J connectivity index is 2.25. The number of unbranched alkanes of at least 4 members (excludes halogenated alkanes) is 1. The van der Waals surface area contributed by atoms with Crippen LogP contribution in [-0.4, -0.2) is 92.0 Å². The summed E-state index contributed by atoms with van der Waals surface area (Å²) in [4.78, 5) is 27.3. The second kappa shape index (κ2) is 20.2. The summed E-state index contributed by atoms with van der Waals surface area (Å²) in [5, 5.41) is 30.3. The minimum absolute atomic E-state index is 0.137. The number of rotatable bonds is 20. The van der Waals surface area contributed by atoms with Crippen molar-refractivity contribution in [2.45, 2.75) is 94.9 Å². The predicted molar refractivity (Wildman–Crippen MR) is 177 cm³/mol. The fourth-order valence-corrected chi connectivity index (χ4v) is 7.14. The molecule has 1 saturated carbocycles. The SMILES string of the molecule is C#CCCCC(O)C(O)C(CC1CCCCC1)NC(=O)C(CC#C)NC(=O)C(Cc1ccccc1)CS(=O)(=O)N(C)CCNC. The number of carbonyl (C=O) groups excluding carboxylic acids is 2. The van der Waals surface area contributed by atoms with E-state index in [-0.39, 0.29) is 31.7 Å². The van der Waals surface area contributed by atoms with Gasteiger partial charge in [-0.15, -0.1) is 24.7 Å². The first-order valence-electron chi connectivity index (χ1n) is 16.0. The number of terminal acetylenes is 2. The van der Waals surface area contributed by atoms with E-state index in [2.05, 4.69) is 27.8 Å². The van der Waals surface area contributed by atoms with E-state index in [0.29, 0.717) is 25.8 Å². The molecule has 2 rings (SSSR count). The highest BCUT2D eigenvalue weighted by Gasteiger charge is 2.34. The monoisotopic (exact) mass is 644 g/mol. The fraction of sp³-hybridized carbons (Fsp3) is 0.647. The van der Waals surface area contributed by atoms with Gasteiger partial charge in [-0.3, -0.25) is 9.59 Å². The Bertz CT molecular complexity index is 1220. The van der Waals surface area contributed by atoms with Gasteiger partial charge in [-0.2, -0.15) is 0 Å². The molecule has 5 atom stereocenters.